The first-order valence-corrected chi connectivity index (χ1v) is 4.15. The summed E-state index contributed by atoms with van der Waals surface area (Å²) < 4.78 is 4.91. The molecular formula is C9H12O4. The number of ketones is 1. The lowest BCUT2D eigenvalue weighted by Crippen LogP contribution is -2.04. The quantitative estimate of drug-likeness (QED) is 0.293. The van der Waals surface area contributed by atoms with Gasteiger partial charge in [0.15, 0.2) is 11.5 Å². The van der Waals surface area contributed by atoms with Crippen LogP contribution in [0.25, 0.3) is 0 Å². The highest BCUT2D eigenvalue weighted by Gasteiger charge is 2.07. The van der Waals surface area contributed by atoms with Gasteiger partial charge in [0.25, 0.3) is 0 Å². The molecule has 0 N–H and O–H groups in total. The van der Waals surface area contributed by atoms with Crippen LogP contribution in [0, 0.1) is 0 Å². The van der Waals surface area contributed by atoms with E-state index in [-0.39, 0.29) is 18.8 Å². The molecule has 0 amide bonds. The summed E-state index contributed by atoms with van der Waals surface area (Å²) in [6.45, 7) is 2.55. The smallest absolute Gasteiger partial charge is 0.200 e. The van der Waals surface area contributed by atoms with E-state index in [1.54, 1.807) is 12.1 Å². The topological polar surface area (TPSA) is 48.7 Å². The minimum absolute atomic E-state index is 0.0790. The lowest BCUT2D eigenvalue weighted by molar-refractivity contribution is -0.289. The number of carbonyl (C=O) groups excluding carboxylic acids is 1. The largest absolute Gasteiger partial charge is 0.461 e. The molecule has 1 aromatic heterocycles. The molecule has 0 radical (unpaired) electrons. The van der Waals surface area contributed by atoms with E-state index in [2.05, 4.69) is 9.78 Å². The number of hydrogen-bond donors (Lipinski definition) is 0. The molecule has 0 fully saturated rings. The lowest BCUT2D eigenvalue weighted by Gasteiger charge is -1.99. The molecule has 0 unspecified atom stereocenters. The zero-order chi connectivity index (χ0) is 9.52. The Balaban J connectivity index is 2.19. The molecule has 0 aliphatic heterocycles. The van der Waals surface area contributed by atoms with Crippen molar-refractivity contribution < 1.29 is 19.0 Å². The van der Waals surface area contributed by atoms with Crippen molar-refractivity contribution in [3.8, 4) is 0 Å². The molecule has 1 heterocycles. The fraction of sp³-hybridized carbons (Fsp3) is 0.444. The van der Waals surface area contributed by atoms with E-state index in [9.17, 15) is 4.79 Å². The lowest BCUT2D eigenvalue weighted by atomic mass is 10.2. The third-order valence-corrected chi connectivity index (χ3v) is 1.41. The van der Waals surface area contributed by atoms with Crippen molar-refractivity contribution in [2.45, 2.75) is 13.3 Å². The van der Waals surface area contributed by atoms with Crippen LogP contribution < -0.4 is 0 Å². The molecule has 1 aromatic rings. The monoisotopic (exact) mass is 184 g/mol. The molecule has 0 spiro atoms. The van der Waals surface area contributed by atoms with Crippen LogP contribution in [0.15, 0.2) is 22.8 Å². The van der Waals surface area contributed by atoms with E-state index in [1.165, 1.54) is 6.26 Å². The number of carbonyl (C=O) groups is 1. The zero-order valence-corrected chi connectivity index (χ0v) is 7.49. The van der Waals surface area contributed by atoms with Crippen molar-refractivity contribution in [2.24, 2.45) is 0 Å². The summed E-state index contributed by atoms with van der Waals surface area (Å²) in [7, 11) is 0. The van der Waals surface area contributed by atoms with Gasteiger partial charge in [0.1, 0.15) is 0 Å². The van der Waals surface area contributed by atoms with Crippen molar-refractivity contribution in [3.05, 3.63) is 24.2 Å². The number of rotatable bonds is 6. The third-order valence-electron chi connectivity index (χ3n) is 1.41. The van der Waals surface area contributed by atoms with Gasteiger partial charge < -0.3 is 4.42 Å². The van der Waals surface area contributed by atoms with Crippen molar-refractivity contribution in [1.82, 2.24) is 0 Å². The number of furan rings is 1. The summed E-state index contributed by atoms with van der Waals surface area (Å²) in [4.78, 5) is 20.5. The van der Waals surface area contributed by atoms with Gasteiger partial charge in [-0.15, -0.1) is 0 Å². The molecule has 4 nitrogen and oxygen atoms in total. The maximum atomic E-state index is 11.2. The second-order valence-electron chi connectivity index (χ2n) is 2.38. The minimum atomic E-state index is -0.0790. The Hall–Kier alpha value is -1.13. The van der Waals surface area contributed by atoms with Crippen molar-refractivity contribution in [3.63, 3.8) is 0 Å². The molecule has 0 saturated carbocycles. The average molecular weight is 184 g/mol. The SMILES string of the molecule is CCOOCCC(=O)c1ccco1. The molecule has 0 atom stereocenters. The molecule has 0 aliphatic rings. The molecule has 1 rings (SSSR count). The number of Topliss-reactive ketones (excluding diaryl/α,β-unsaturated/α-hetero) is 1. The molecule has 0 saturated heterocycles. The van der Waals surface area contributed by atoms with Gasteiger partial charge in [-0.2, -0.15) is 0 Å². The minimum Gasteiger partial charge on any atom is -0.461 e. The van der Waals surface area contributed by atoms with E-state index in [4.69, 9.17) is 4.42 Å². The highest BCUT2D eigenvalue weighted by atomic mass is 17.2. The summed E-state index contributed by atoms with van der Waals surface area (Å²) in [5.41, 5.74) is 0. The van der Waals surface area contributed by atoms with Crippen molar-refractivity contribution >= 4 is 5.78 Å². The highest BCUT2D eigenvalue weighted by Crippen LogP contribution is 2.03. The number of hydrogen-bond acceptors (Lipinski definition) is 4. The Morgan fingerprint density at radius 2 is 2.38 bits per heavy atom. The predicted octanol–water partition coefficient (Wildman–Crippen LogP) is 1.82. The second kappa shape index (κ2) is 5.50. The Morgan fingerprint density at radius 3 is 3.00 bits per heavy atom. The Bertz CT molecular complexity index is 240. The molecule has 13 heavy (non-hydrogen) atoms. The fourth-order valence-electron chi connectivity index (χ4n) is 0.837. The van der Waals surface area contributed by atoms with E-state index in [0.29, 0.717) is 12.4 Å². The van der Waals surface area contributed by atoms with E-state index in [1.807, 2.05) is 6.92 Å². The average Bonchev–Trinajstić information content (AvgIpc) is 2.65. The van der Waals surface area contributed by atoms with Gasteiger partial charge in [-0.1, -0.05) is 0 Å². The van der Waals surface area contributed by atoms with Crippen LogP contribution in [0.1, 0.15) is 23.9 Å². The van der Waals surface area contributed by atoms with Crippen molar-refractivity contribution in [1.29, 1.82) is 0 Å². The van der Waals surface area contributed by atoms with Crippen LogP contribution >= 0.6 is 0 Å². The predicted molar refractivity (Wildman–Crippen MR) is 45.2 cm³/mol. The molecule has 0 aromatic carbocycles. The maximum absolute atomic E-state index is 11.2. The first kappa shape index (κ1) is 9.95. The van der Waals surface area contributed by atoms with Gasteiger partial charge in [0.2, 0.25) is 0 Å². The molecular weight excluding hydrogens is 172 g/mol. The Morgan fingerprint density at radius 1 is 1.54 bits per heavy atom. The van der Waals surface area contributed by atoms with Crippen LogP contribution in [0.5, 0.6) is 0 Å². The first-order valence-electron chi connectivity index (χ1n) is 4.15. The van der Waals surface area contributed by atoms with Gasteiger partial charge >= 0.3 is 0 Å². The third kappa shape index (κ3) is 3.40. The standard InChI is InChI=1S/C9H12O4/c1-2-12-13-7-5-8(10)9-4-3-6-11-9/h3-4,6H,2,5,7H2,1H3. The molecule has 4 heteroatoms. The van der Waals surface area contributed by atoms with Crippen LogP contribution in [0.2, 0.25) is 0 Å². The summed E-state index contributed by atoms with van der Waals surface area (Å²) >= 11 is 0. The van der Waals surface area contributed by atoms with Crippen LogP contribution in [0.4, 0.5) is 0 Å². The van der Waals surface area contributed by atoms with Gasteiger partial charge in [-0.05, 0) is 19.1 Å². The van der Waals surface area contributed by atoms with E-state index >= 15 is 0 Å². The fourth-order valence-corrected chi connectivity index (χ4v) is 0.837. The van der Waals surface area contributed by atoms with Gasteiger partial charge in [0.05, 0.1) is 19.5 Å². The van der Waals surface area contributed by atoms with Crippen LogP contribution in [-0.4, -0.2) is 19.0 Å². The summed E-state index contributed by atoms with van der Waals surface area (Å²) in [5, 5.41) is 0. The summed E-state index contributed by atoms with van der Waals surface area (Å²) in [6, 6.07) is 3.31. The van der Waals surface area contributed by atoms with Crippen LogP contribution in [0.3, 0.4) is 0 Å². The summed E-state index contributed by atoms with van der Waals surface area (Å²) in [6.07, 6.45) is 1.74. The summed E-state index contributed by atoms with van der Waals surface area (Å²) in [5.74, 6) is 0.282. The van der Waals surface area contributed by atoms with Gasteiger partial charge in [-0.25, -0.2) is 9.78 Å². The van der Waals surface area contributed by atoms with Crippen LogP contribution in [-0.2, 0) is 9.78 Å². The maximum Gasteiger partial charge on any atom is 0.200 e. The molecule has 0 bridgehead atoms. The van der Waals surface area contributed by atoms with E-state index in [0.717, 1.165) is 0 Å². The first-order chi connectivity index (χ1) is 6.34. The van der Waals surface area contributed by atoms with Gasteiger partial charge in [0, 0.05) is 6.42 Å². The second-order valence-corrected chi connectivity index (χ2v) is 2.38. The molecule has 0 aliphatic carbocycles. The van der Waals surface area contributed by atoms with Crippen molar-refractivity contribution in [2.75, 3.05) is 13.2 Å². The zero-order valence-electron chi connectivity index (χ0n) is 7.49. The highest BCUT2D eigenvalue weighted by molar-refractivity contribution is 5.93. The normalized spacial score (nSPS) is 10.2. The molecule has 72 valence electrons. The van der Waals surface area contributed by atoms with Gasteiger partial charge in [-0.3, -0.25) is 4.79 Å². The Labute approximate surface area is 76.4 Å². The Kier molecular flexibility index (Phi) is 4.21. The van der Waals surface area contributed by atoms with E-state index < -0.39 is 0 Å².